The number of aromatic nitrogens is 2. The maximum absolute atomic E-state index is 12.2. The smallest absolute Gasteiger partial charge is 0.274 e. The van der Waals surface area contributed by atoms with E-state index in [1.807, 2.05) is 4.90 Å². The summed E-state index contributed by atoms with van der Waals surface area (Å²) in [4.78, 5) is 22.0. The van der Waals surface area contributed by atoms with Crippen molar-refractivity contribution in [3.8, 4) is 0 Å². The Morgan fingerprint density at radius 2 is 2.18 bits per heavy atom. The Morgan fingerprint density at radius 1 is 1.41 bits per heavy atom. The van der Waals surface area contributed by atoms with E-state index in [9.17, 15) is 4.79 Å². The lowest BCUT2D eigenvalue weighted by molar-refractivity contribution is 0.0582. The largest absolute Gasteiger partial charge is 0.335 e. The molecule has 1 amide bonds. The Hall–Kier alpha value is -1.16. The molecule has 1 saturated heterocycles. The monoisotopic (exact) mass is 253 g/mol. The van der Waals surface area contributed by atoms with Gasteiger partial charge in [0.05, 0.1) is 12.4 Å². The zero-order valence-electron chi connectivity index (χ0n) is 10.1. The van der Waals surface area contributed by atoms with Crippen LogP contribution < -0.4 is 0 Å². The molecular formula is C12H16ClN3O. The zero-order chi connectivity index (χ0) is 12.4. The van der Waals surface area contributed by atoms with Gasteiger partial charge in [-0.1, -0.05) is 18.5 Å². The van der Waals surface area contributed by atoms with Gasteiger partial charge in [-0.25, -0.2) is 9.97 Å². The van der Waals surface area contributed by atoms with Crippen molar-refractivity contribution in [2.75, 3.05) is 6.54 Å². The van der Waals surface area contributed by atoms with Crippen molar-refractivity contribution in [2.24, 2.45) is 5.92 Å². The van der Waals surface area contributed by atoms with E-state index in [1.54, 1.807) is 0 Å². The van der Waals surface area contributed by atoms with Crippen molar-refractivity contribution in [3.05, 3.63) is 23.2 Å². The number of nitrogens with zero attached hydrogens (tertiary/aromatic N) is 3. The quantitative estimate of drug-likeness (QED) is 0.772. The van der Waals surface area contributed by atoms with Crippen LogP contribution in [-0.4, -0.2) is 33.4 Å². The lowest BCUT2D eigenvalue weighted by atomic mass is 9.93. The van der Waals surface area contributed by atoms with E-state index < -0.39 is 0 Å². The Kier molecular flexibility index (Phi) is 3.62. The van der Waals surface area contributed by atoms with Crippen LogP contribution in [0.3, 0.4) is 0 Å². The molecule has 1 aromatic heterocycles. The highest BCUT2D eigenvalue weighted by atomic mass is 35.5. The van der Waals surface area contributed by atoms with Gasteiger partial charge in [0.2, 0.25) is 0 Å². The summed E-state index contributed by atoms with van der Waals surface area (Å²) < 4.78 is 0. The summed E-state index contributed by atoms with van der Waals surface area (Å²) in [6, 6.07) is 0.267. The van der Waals surface area contributed by atoms with Crippen LogP contribution in [0.5, 0.6) is 0 Å². The van der Waals surface area contributed by atoms with Crippen molar-refractivity contribution in [1.29, 1.82) is 0 Å². The Morgan fingerprint density at radius 3 is 2.76 bits per heavy atom. The summed E-state index contributed by atoms with van der Waals surface area (Å²) in [5.74, 6) is 0.638. The molecule has 0 aliphatic carbocycles. The highest BCUT2D eigenvalue weighted by molar-refractivity contribution is 6.29. The molecule has 2 rings (SSSR count). The summed E-state index contributed by atoms with van der Waals surface area (Å²) in [5, 5.41) is 0.307. The third kappa shape index (κ3) is 2.75. The summed E-state index contributed by atoms with van der Waals surface area (Å²) >= 11 is 5.65. The second-order valence-corrected chi connectivity index (χ2v) is 5.09. The molecule has 0 radical (unpaired) electrons. The molecule has 4 nitrogen and oxygen atoms in total. The normalized spacial score (nSPS) is 24.8. The number of carbonyl (C=O) groups excluding carboxylic acids is 1. The molecule has 0 N–H and O–H groups in total. The van der Waals surface area contributed by atoms with E-state index >= 15 is 0 Å². The first-order chi connectivity index (χ1) is 8.08. The van der Waals surface area contributed by atoms with Crippen LogP contribution in [0.15, 0.2) is 12.4 Å². The number of halogens is 1. The molecule has 92 valence electrons. The van der Waals surface area contributed by atoms with Gasteiger partial charge < -0.3 is 4.90 Å². The van der Waals surface area contributed by atoms with E-state index in [-0.39, 0.29) is 11.9 Å². The average molecular weight is 254 g/mol. The van der Waals surface area contributed by atoms with Gasteiger partial charge >= 0.3 is 0 Å². The molecule has 1 aromatic rings. The number of amides is 1. The highest BCUT2D eigenvalue weighted by Gasteiger charge is 2.28. The van der Waals surface area contributed by atoms with Gasteiger partial charge in [-0.2, -0.15) is 0 Å². The van der Waals surface area contributed by atoms with Gasteiger partial charge in [-0.3, -0.25) is 4.79 Å². The first kappa shape index (κ1) is 12.3. The predicted octanol–water partition coefficient (Wildman–Crippen LogP) is 2.39. The van der Waals surface area contributed by atoms with Gasteiger partial charge in [0.1, 0.15) is 10.8 Å². The van der Waals surface area contributed by atoms with Crippen LogP contribution in [-0.2, 0) is 0 Å². The SMILES string of the molecule is CC1CCN(C(=O)c2cnc(Cl)cn2)C(C)C1. The van der Waals surface area contributed by atoms with Gasteiger partial charge in [-0.15, -0.1) is 0 Å². The molecular weight excluding hydrogens is 238 g/mol. The molecule has 2 heterocycles. The number of likely N-dealkylation sites (tertiary alicyclic amines) is 1. The van der Waals surface area contributed by atoms with Crippen molar-refractivity contribution in [3.63, 3.8) is 0 Å². The fraction of sp³-hybridized carbons (Fsp3) is 0.583. The second kappa shape index (κ2) is 5.00. The fourth-order valence-electron chi connectivity index (χ4n) is 2.28. The number of hydrogen-bond acceptors (Lipinski definition) is 3. The molecule has 5 heteroatoms. The molecule has 1 fully saturated rings. The summed E-state index contributed by atoms with van der Waals surface area (Å²) in [5.41, 5.74) is 0.371. The lowest BCUT2D eigenvalue weighted by Gasteiger charge is -2.36. The van der Waals surface area contributed by atoms with Crippen LogP contribution in [0.25, 0.3) is 0 Å². The van der Waals surface area contributed by atoms with E-state index in [2.05, 4.69) is 23.8 Å². The minimum atomic E-state index is -0.0476. The minimum absolute atomic E-state index is 0.0476. The summed E-state index contributed by atoms with van der Waals surface area (Å²) in [6.45, 7) is 5.10. The van der Waals surface area contributed by atoms with Gasteiger partial charge in [-0.05, 0) is 25.7 Å². The van der Waals surface area contributed by atoms with Gasteiger partial charge in [0.25, 0.3) is 5.91 Å². The Labute approximate surface area is 106 Å². The number of carbonyl (C=O) groups is 1. The molecule has 17 heavy (non-hydrogen) atoms. The van der Waals surface area contributed by atoms with Crippen LogP contribution in [0.1, 0.15) is 37.2 Å². The van der Waals surface area contributed by atoms with E-state index in [4.69, 9.17) is 11.6 Å². The highest BCUT2D eigenvalue weighted by Crippen LogP contribution is 2.23. The van der Waals surface area contributed by atoms with Gasteiger partial charge in [0, 0.05) is 12.6 Å². The van der Waals surface area contributed by atoms with Crippen LogP contribution in [0.4, 0.5) is 0 Å². The third-order valence-corrected chi connectivity index (χ3v) is 3.43. The van der Waals surface area contributed by atoms with Crippen LogP contribution >= 0.6 is 11.6 Å². The van der Waals surface area contributed by atoms with Crippen molar-refractivity contribution < 1.29 is 4.79 Å². The third-order valence-electron chi connectivity index (χ3n) is 3.24. The lowest BCUT2D eigenvalue weighted by Crippen LogP contribution is -2.44. The molecule has 0 aromatic carbocycles. The molecule has 0 bridgehead atoms. The number of hydrogen-bond donors (Lipinski definition) is 0. The maximum atomic E-state index is 12.2. The molecule has 1 aliphatic heterocycles. The maximum Gasteiger partial charge on any atom is 0.274 e. The average Bonchev–Trinajstić information content (AvgIpc) is 2.29. The fourth-order valence-corrected chi connectivity index (χ4v) is 2.38. The topological polar surface area (TPSA) is 46.1 Å². The summed E-state index contributed by atoms with van der Waals surface area (Å²) in [6.07, 6.45) is 4.95. The van der Waals surface area contributed by atoms with Gasteiger partial charge in [0.15, 0.2) is 0 Å². The first-order valence-electron chi connectivity index (χ1n) is 5.86. The molecule has 0 spiro atoms. The second-order valence-electron chi connectivity index (χ2n) is 4.70. The number of piperidine rings is 1. The molecule has 0 saturated carbocycles. The van der Waals surface area contributed by atoms with E-state index in [0.717, 1.165) is 19.4 Å². The zero-order valence-corrected chi connectivity index (χ0v) is 10.8. The van der Waals surface area contributed by atoms with E-state index in [0.29, 0.717) is 16.8 Å². The van der Waals surface area contributed by atoms with Crippen LogP contribution in [0.2, 0.25) is 5.15 Å². The summed E-state index contributed by atoms with van der Waals surface area (Å²) in [7, 11) is 0. The van der Waals surface area contributed by atoms with Crippen molar-refractivity contribution in [2.45, 2.75) is 32.7 Å². The van der Waals surface area contributed by atoms with Crippen molar-refractivity contribution >= 4 is 17.5 Å². The minimum Gasteiger partial charge on any atom is -0.335 e. The number of rotatable bonds is 1. The first-order valence-corrected chi connectivity index (χ1v) is 6.24. The predicted molar refractivity (Wildman–Crippen MR) is 65.9 cm³/mol. The molecule has 2 atom stereocenters. The Balaban J connectivity index is 2.12. The Bertz CT molecular complexity index is 407. The van der Waals surface area contributed by atoms with Crippen molar-refractivity contribution in [1.82, 2.24) is 14.9 Å². The van der Waals surface area contributed by atoms with Crippen LogP contribution in [0, 0.1) is 5.92 Å². The molecule has 2 unspecified atom stereocenters. The standard InChI is InChI=1S/C12H16ClN3O/c1-8-3-4-16(9(2)5-8)12(17)10-6-15-11(13)7-14-10/h6-9H,3-5H2,1-2H3. The molecule has 1 aliphatic rings. The van der Waals surface area contributed by atoms with E-state index in [1.165, 1.54) is 12.4 Å².